The molecule has 0 aliphatic carbocycles. The summed E-state index contributed by atoms with van der Waals surface area (Å²) < 4.78 is 22.7. The molecule has 1 aromatic rings. The Bertz CT molecular complexity index is 608. The molecule has 0 saturated carbocycles. The van der Waals surface area contributed by atoms with Gasteiger partial charge in [0.25, 0.3) is 0 Å². The Morgan fingerprint density at radius 3 is 1.03 bits per heavy atom. The van der Waals surface area contributed by atoms with Gasteiger partial charge in [-0.1, -0.05) is 18.2 Å². The number of ether oxygens (including phenoxy) is 4. The molecule has 0 bridgehead atoms. The molecule has 1 aromatic carbocycles. The highest BCUT2D eigenvalue weighted by molar-refractivity contribution is 5.29. The fraction of sp³-hybridized carbons (Fsp3) is 0.750. The summed E-state index contributed by atoms with van der Waals surface area (Å²) in [5.74, 6) is 0. The molecule has 32 heavy (non-hydrogen) atoms. The molecule has 0 radical (unpaired) electrons. The predicted molar refractivity (Wildman–Crippen MR) is 121 cm³/mol. The van der Waals surface area contributed by atoms with Gasteiger partial charge in [-0.05, 0) is 17.2 Å². The highest BCUT2D eigenvalue weighted by Crippen LogP contribution is 2.32. The summed E-state index contributed by atoms with van der Waals surface area (Å²) in [4.78, 5) is 10.4. The first-order chi connectivity index (χ1) is 15.9. The molecule has 4 heterocycles. The van der Waals surface area contributed by atoms with Crippen molar-refractivity contribution >= 4 is 0 Å². The second-order valence-electron chi connectivity index (χ2n) is 9.01. The van der Waals surface area contributed by atoms with Crippen LogP contribution in [0.4, 0.5) is 0 Å². The fourth-order valence-electron chi connectivity index (χ4n) is 5.47. The minimum absolute atomic E-state index is 0.276. The van der Waals surface area contributed by atoms with Crippen LogP contribution in [0.1, 0.15) is 23.5 Å². The molecular formula is C24H38N4O4. The number of benzene rings is 1. The van der Waals surface area contributed by atoms with Crippen molar-refractivity contribution in [3.63, 3.8) is 0 Å². The zero-order chi connectivity index (χ0) is 21.6. The highest BCUT2D eigenvalue weighted by Gasteiger charge is 2.33. The molecule has 8 heteroatoms. The normalized spacial score (nSPS) is 25.6. The molecular weight excluding hydrogens is 408 g/mol. The molecule has 4 saturated heterocycles. The van der Waals surface area contributed by atoms with Crippen molar-refractivity contribution in [1.29, 1.82) is 0 Å². The Hall–Kier alpha value is -1.10. The van der Waals surface area contributed by atoms with Crippen molar-refractivity contribution in [3.8, 4) is 0 Å². The summed E-state index contributed by atoms with van der Waals surface area (Å²) in [7, 11) is 0. The van der Waals surface area contributed by atoms with E-state index in [1.807, 2.05) is 0 Å². The molecule has 4 aliphatic heterocycles. The van der Waals surface area contributed by atoms with E-state index in [0.29, 0.717) is 0 Å². The molecule has 0 amide bonds. The average molecular weight is 447 g/mol. The van der Waals surface area contributed by atoms with Crippen LogP contribution in [-0.4, -0.2) is 125 Å². The maximum absolute atomic E-state index is 5.67. The van der Waals surface area contributed by atoms with E-state index in [2.05, 4.69) is 43.9 Å². The highest BCUT2D eigenvalue weighted by atomic mass is 16.5. The Kier molecular flexibility index (Phi) is 8.05. The van der Waals surface area contributed by atoms with Crippen LogP contribution in [0.15, 0.2) is 24.3 Å². The van der Waals surface area contributed by atoms with Gasteiger partial charge in [-0.2, -0.15) is 0 Å². The van der Waals surface area contributed by atoms with Gasteiger partial charge < -0.3 is 18.9 Å². The Morgan fingerprint density at radius 1 is 0.469 bits per heavy atom. The van der Waals surface area contributed by atoms with Crippen LogP contribution in [0.25, 0.3) is 0 Å². The first-order valence-corrected chi connectivity index (χ1v) is 12.3. The lowest BCUT2D eigenvalue weighted by molar-refractivity contribution is -0.0700. The zero-order valence-corrected chi connectivity index (χ0v) is 19.2. The van der Waals surface area contributed by atoms with Crippen LogP contribution in [0.5, 0.6) is 0 Å². The van der Waals surface area contributed by atoms with Gasteiger partial charge >= 0.3 is 0 Å². The molecule has 0 N–H and O–H groups in total. The lowest BCUT2D eigenvalue weighted by atomic mass is 10.0. The molecule has 0 unspecified atom stereocenters. The van der Waals surface area contributed by atoms with Crippen molar-refractivity contribution in [2.45, 2.75) is 12.3 Å². The molecule has 0 atom stereocenters. The number of rotatable bonds is 6. The number of morpholine rings is 4. The van der Waals surface area contributed by atoms with Crippen LogP contribution in [-0.2, 0) is 18.9 Å². The molecule has 0 spiro atoms. The minimum atomic E-state index is 0.276. The van der Waals surface area contributed by atoms with Gasteiger partial charge in [0.2, 0.25) is 0 Å². The van der Waals surface area contributed by atoms with Gasteiger partial charge in [0, 0.05) is 52.4 Å². The second kappa shape index (κ2) is 11.4. The van der Waals surface area contributed by atoms with Gasteiger partial charge in [0.15, 0.2) is 0 Å². The minimum Gasteiger partial charge on any atom is -0.379 e. The molecule has 0 aromatic heterocycles. The van der Waals surface area contributed by atoms with Gasteiger partial charge in [0.05, 0.1) is 65.2 Å². The molecule has 5 rings (SSSR count). The third-order valence-corrected chi connectivity index (χ3v) is 7.07. The topological polar surface area (TPSA) is 49.9 Å². The van der Waals surface area contributed by atoms with Gasteiger partial charge in [-0.15, -0.1) is 0 Å². The van der Waals surface area contributed by atoms with E-state index in [1.54, 1.807) is 0 Å². The maximum atomic E-state index is 5.67. The van der Waals surface area contributed by atoms with E-state index in [0.717, 1.165) is 105 Å². The SMILES string of the molecule is c1cc(C(N2CCOCC2)N2CCOCC2)cc(C(N2CCOCC2)N2CCOCC2)c1. The van der Waals surface area contributed by atoms with Crippen LogP contribution < -0.4 is 0 Å². The quantitative estimate of drug-likeness (QED) is 0.642. The van der Waals surface area contributed by atoms with Crippen LogP contribution in [0.2, 0.25) is 0 Å². The lowest BCUT2D eigenvalue weighted by Crippen LogP contribution is -2.51. The molecule has 178 valence electrons. The fourth-order valence-corrected chi connectivity index (χ4v) is 5.47. The van der Waals surface area contributed by atoms with E-state index in [9.17, 15) is 0 Å². The standard InChI is InChI=1S/C24H38N4O4/c1-2-21(23(25-4-12-29-13-5-25)26-6-14-30-15-7-26)20-22(3-1)24(27-8-16-31-17-9-27)28-10-18-32-19-11-28/h1-3,20,23-24H,4-19H2. The van der Waals surface area contributed by atoms with E-state index in [4.69, 9.17) is 18.9 Å². The van der Waals surface area contributed by atoms with Crippen molar-refractivity contribution in [2.24, 2.45) is 0 Å². The first kappa shape index (κ1) is 22.7. The second-order valence-corrected chi connectivity index (χ2v) is 9.01. The summed E-state index contributed by atoms with van der Waals surface area (Å²) in [6.45, 7) is 14.3. The van der Waals surface area contributed by atoms with Crippen molar-refractivity contribution in [2.75, 3.05) is 105 Å². The van der Waals surface area contributed by atoms with Crippen molar-refractivity contribution < 1.29 is 18.9 Å². The van der Waals surface area contributed by atoms with Gasteiger partial charge in [-0.25, -0.2) is 0 Å². The average Bonchev–Trinajstić information content (AvgIpc) is 2.87. The van der Waals surface area contributed by atoms with E-state index < -0.39 is 0 Å². The maximum Gasteiger partial charge on any atom is 0.0889 e. The Labute approximate surface area is 191 Å². The van der Waals surface area contributed by atoms with Gasteiger partial charge in [-0.3, -0.25) is 19.6 Å². The lowest BCUT2D eigenvalue weighted by Gasteiger charge is -2.44. The van der Waals surface area contributed by atoms with E-state index in [-0.39, 0.29) is 12.3 Å². The van der Waals surface area contributed by atoms with E-state index >= 15 is 0 Å². The zero-order valence-electron chi connectivity index (χ0n) is 19.2. The molecule has 8 nitrogen and oxygen atoms in total. The number of hydrogen-bond acceptors (Lipinski definition) is 8. The van der Waals surface area contributed by atoms with Gasteiger partial charge in [0.1, 0.15) is 0 Å². The third-order valence-electron chi connectivity index (χ3n) is 7.07. The van der Waals surface area contributed by atoms with Crippen LogP contribution in [0, 0.1) is 0 Å². The first-order valence-electron chi connectivity index (χ1n) is 12.3. The van der Waals surface area contributed by atoms with Crippen molar-refractivity contribution in [3.05, 3.63) is 35.4 Å². The summed E-state index contributed by atoms with van der Waals surface area (Å²) in [6.07, 6.45) is 0.551. The number of hydrogen-bond donors (Lipinski definition) is 0. The smallest absolute Gasteiger partial charge is 0.0889 e. The summed E-state index contributed by atoms with van der Waals surface area (Å²) in [5, 5.41) is 0. The van der Waals surface area contributed by atoms with E-state index in [1.165, 1.54) is 11.1 Å². The Balaban J connectivity index is 1.45. The molecule has 4 fully saturated rings. The van der Waals surface area contributed by atoms with Crippen LogP contribution >= 0.6 is 0 Å². The third kappa shape index (κ3) is 5.34. The predicted octanol–water partition coefficient (Wildman–Crippen LogP) is 1.01. The largest absolute Gasteiger partial charge is 0.379 e. The summed E-state index contributed by atoms with van der Waals surface area (Å²) in [6, 6.07) is 9.35. The van der Waals surface area contributed by atoms with Crippen molar-refractivity contribution in [1.82, 2.24) is 19.6 Å². The summed E-state index contributed by atoms with van der Waals surface area (Å²) >= 11 is 0. The Morgan fingerprint density at radius 2 is 0.750 bits per heavy atom. The molecule has 4 aliphatic rings. The number of nitrogens with zero attached hydrogens (tertiary/aromatic N) is 4. The van der Waals surface area contributed by atoms with Crippen LogP contribution in [0.3, 0.4) is 0 Å². The monoisotopic (exact) mass is 446 g/mol. The summed E-state index contributed by atoms with van der Waals surface area (Å²) in [5.41, 5.74) is 2.77.